The molecule has 3 N–H and O–H groups in total. The zero-order valence-corrected chi connectivity index (χ0v) is 18.7. The van der Waals surface area contributed by atoms with Crippen molar-refractivity contribution in [1.82, 2.24) is 14.9 Å². The van der Waals surface area contributed by atoms with Crippen LogP contribution in [0.3, 0.4) is 0 Å². The third-order valence-electron chi connectivity index (χ3n) is 5.88. The van der Waals surface area contributed by atoms with Gasteiger partial charge in [-0.25, -0.2) is 14.4 Å². The summed E-state index contributed by atoms with van der Waals surface area (Å²) in [6.45, 7) is 1.79. The van der Waals surface area contributed by atoms with E-state index in [1.807, 2.05) is 11.9 Å². The minimum absolute atomic E-state index is 0.105. The van der Waals surface area contributed by atoms with Gasteiger partial charge in [0.25, 0.3) is 0 Å². The Morgan fingerprint density at radius 2 is 2.06 bits per heavy atom. The Labute approximate surface area is 194 Å². The van der Waals surface area contributed by atoms with Crippen molar-refractivity contribution in [2.24, 2.45) is 0 Å². The molecule has 12 heteroatoms. The molecule has 2 atom stereocenters. The van der Waals surface area contributed by atoms with Gasteiger partial charge < -0.3 is 25.6 Å². The number of hydrogen-bond donors (Lipinski definition) is 2. The summed E-state index contributed by atoms with van der Waals surface area (Å²) in [6, 6.07) is 1.46. The van der Waals surface area contributed by atoms with Gasteiger partial charge in [-0.3, -0.25) is 0 Å². The van der Waals surface area contributed by atoms with Crippen molar-refractivity contribution in [1.29, 1.82) is 0 Å². The molecule has 7 nitrogen and oxygen atoms in total. The van der Waals surface area contributed by atoms with Crippen LogP contribution < -0.4 is 16.0 Å². The maximum atomic E-state index is 14.3. The van der Waals surface area contributed by atoms with Crippen LogP contribution in [0.15, 0.2) is 24.5 Å². The van der Waals surface area contributed by atoms with Crippen LogP contribution in [0.5, 0.6) is 0 Å². The number of nitrogen functional groups attached to an aromatic ring is 1. The zero-order chi connectivity index (χ0) is 24.9. The Bertz CT molecular complexity index is 989. The number of likely N-dealkylation sites (N-methyl/N-ethyl adjacent to an activating group) is 1. The number of aldehydes is 1. The predicted octanol–water partition coefficient (Wildman–Crippen LogP) is 3.72. The summed E-state index contributed by atoms with van der Waals surface area (Å²) in [4.78, 5) is 23.0. The second kappa shape index (κ2) is 10.9. The molecule has 1 aromatic carbocycles. The number of hydrogen-bond acceptors (Lipinski definition) is 7. The first kappa shape index (κ1) is 25.6. The fourth-order valence-corrected chi connectivity index (χ4v) is 4.07. The van der Waals surface area contributed by atoms with Crippen molar-refractivity contribution in [3.05, 3.63) is 41.7 Å². The molecule has 186 valence electrons. The van der Waals surface area contributed by atoms with Crippen molar-refractivity contribution in [3.63, 3.8) is 0 Å². The van der Waals surface area contributed by atoms with E-state index in [-0.39, 0.29) is 23.4 Å². The van der Waals surface area contributed by atoms with Crippen LogP contribution in [-0.4, -0.2) is 59.9 Å². The minimum atomic E-state index is -4.69. The number of benzene rings is 1. The molecular weight excluding hydrogens is 459 g/mol. The van der Waals surface area contributed by atoms with Gasteiger partial charge >= 0.3 is 6.18 Å². The summed E-state index contributed by atoms with van der Waals surface area (Å²) in [6.07, 6.45) is -0.218. The van der Waals surface area contributed by atoms with Crippen LogP contribution in [-0.2, 0) is 11.0 Å². The Balaban J connectivity index is 1.53. The third kappa shape index (κ3) is 6.52. The molecule has 1 aliphatic rings. The highest BCUT2D eigenvalue weighted by Crippen LogP contribution is 2.32. The zero-order valence-electron chi connectivity index (χ0n) is 18.7. The number of alkyl halides is 3. The third-order valence-corrected chi connectivity index (χ3v) is 5.88. The van der Waals surface area contributed by atoms with E-state index >= 15 is 0 Å². The second-order valence-electron chi connectivity index (χ2n) is 8.37. The van der Waals surface area contributed by atoms with Gasteiger partial charge in [-0.2, -0.15) is 17.6 Å². The lowest BCUT2D eigenvalue weighted by molar-refractivity contribution is -0.137. The summed E-state index contributed by atoms with van der Waals surface area (Å²) < 4.78 is 66.6. The van der Waals surface area contributed by atoms with Crippen LogP contribution in [0.2, 0.25) is 0 Å². The van der Waals surface area contributed by atoms with Gasteiger partial charge in [0.05, 0.1) is 11.6 Å². The molecule has 0 radical (unpaired) electrons. The number of aromatic nitrogens is 2. The molecule has 3 rings (SSSR count). The van der Waals surface area contributed by atoms with Gasteiger partial charge in [-0.05, 0) is 57.5 Å². The summed E-state index contributed by atoms with van der Waals surface area (Å²) in [5.41, 5.74) is 4.32. The van der Waals surface area contributed by atoms with Crippen molar-refractivity contribution < 1.29 is 26.7 Å². The van der Waals surface area contributed by atoms with Crippen LogP contribution in [0.25, 0.3) is 0 Å². The van der Waals surface area contributed by atoms with Crippen LogP contribution >= 0.6 is 0 Å². The molecule has 2 aromatic rings. The van der Waals surface area contributed by atoms with E-state index < -0.39 is 29.4 Å². The minimum Gasteiger partial charge on any atom is -0.381 e. The molecule has 34 heavy (non-hydrogen) atoms. The first-order valence-electron chi connectivity index (χ1n) is 10.9. The quantitative estimate of drug-likeness (QED) is 0.413. The number of nitrogens with two attached hydrogens (primary N) is 1. The lowest BCUT2D eigenvalue weighted by atomic mass is 10.0. The number of nitrogens with one attached hydrogen (secondary N) is 1. The number of halogens is 5. The summed E-state index contributed by atoms with van der Waals surface area (Å²) >= 11 is 0. The largest absolute Gasteiger partial charge is 0.416 e. The molecule has 0 amide bonds. The number of carbonyl (C=O) groups excluding carboxylic acids is 1. The van der Waals surface area contributed by atoms with Crippen molar-refractivity contribution >= 4 is 23.6 Å². The first-order chi connectivity index (χ1) is 16.1. The number of carbonyl (C=O) groups is 1. The smallest absolute Gasteiger partial charge is 0.381 e. The van der Waals surface area contributed by atoms with E-state index in [2.05, 4.69) is 20.2 Å². The molecule has 2 heterocycles. The maximum Gasteiger partial charge on any atom is 0.416 e. The molecule has 0 aliphatic carbocycles. The van der Waals surface area contributed by atoms with Crippen molar-refractivity contribution in [3.8, 4) is 0 Å². The van der Waals surface area contributed by atoms with E-state index in [4.69, 9.17) is 5.73 Å². The average Bonchev–Trinajstić information content (AvgIpc) is 2.79. The van der Waals surface area contributed by atoms with Crippen molar-refractivity contribution in [2.45, 2.75) is 43.9 Å². The lowest BCUT2D eigenvalue weighted by Gasteiger charge is -2.38. The fourth-order valence-electron chi connectivity index (χ4n) is 4.07. The van der Waals surface area contributed by atoms with Gasteiger partial charge in [-0.15, -0.1) is 0 Å². The Hall–Kier alpha value is -3.02. The summed E-state index contributed by atoms with van der Waals surface area (Å²) in [5, 5.41) is 2.67. The van der Waals surface area contributed by atoms with Crippen LogP contribution in [0, 0.1) is 11.6 Å². The molecule has 0 spiro atoms. The van der Waals surface area contributed by atoms with Gasteiger partial charge in [0.2, 0.25) is 5.82 Å². The number of anilines is 3. The molecule has 1 aromatic heterocycles. The summed E-state index contributed by atoms with van der Waals surface area (Å²) in [7, 11) is 1.92. The molecule has 0 saturated carbocycles. The average molecular weight is 486 g/mol. The number of rotatable bonds is 9. The van der Waals surface area contributed by atoms with E-state index in [9.17, 15) is 26.7 Å². The van der Waals surface area contributed by atoms with E-state index in [0.29, 0.717) is 44.8 Å². The summed E-state index contributed by atoms with van der Waals surface area (Å²) in [5.74, 6) is -1.71. The first-order valence-corrected chi connectivity index (χ1v) is 10.9. The monoisotopic (exact) mass is 486 g/mol. The number of nitrogens with zero attached hydrogens (tertiary/aromatic N) is 4. The van der Waals surface area contributed by atoms with Gasteiger partial charge in [0.1, 0.15) is 18.4 Å². The van der Waals surface area contributed by atoms with Crippen LogP contribution in [0.4, 0.5) is 39.3 Å². The highest BCUT2D eigenvalue weighted by molar-refractivity contribution is 5.64. The molecular formula is C22H27F5N6O. The highest BCUT2D eigenvalue weighted by Gasteiger charge is 2.31. The predicted molar refractivity (Wildman–Crippen MR) is 118 cm³/mol. The topological polar surface area (TPSA) is 87.4 Å². The standard InChI is InChI=1S/C22H27F5N6O/c1-32(18-5-3-7-33(11-18)21-19(24)20(28)29-13-30-21)6-2-4-16(12-34)31-17-9-14(22(25,26)27)8-15(23)10-17/h8-10,12-13,16,18,31H,2-7,11H2,1H3,(H2,28,29,30). The Morgan fingerprint density at radius 1 is 1.29 bits per heavy atom. The highest BCUT2D eigenvalue weighted by atomic mass is 19.4. The van der Waals surface area contributed by atoms with E-state index in [1.54, 1.807) is 0 Å². The molecule has 0 bridgehead atoms. The Morgan fingerprint density at radius 3 is 2.76 bits per heavy atom. The normalized spacial score (nSPS) is 17.6. The van der Waals surface area contributed by atoms with Gasteiger partial charge in [0.15, 0.2) is 11.6 Å². The molecule has 1 saturated heterocycles. The second-order valence-corrected chi connectivity index (χ2v) is 8.37. The molecule has 1 aliphatic heterocycles. The molecule has 2 unspecified atom stereocenters. The van der Waals surface area contributed by atoms with Gasteiger partial charge in [0, 0.05) is 24.8 Å². The van der Waals surface area contributed by atoms with E-state index in [1.165, 1.54) is 6.33 Å². The van der Waals surface area contributed by atoms with Gasteiger partial charge in [-0.1, -0.05) is 0 Å². The SMILES string of the molecule is CN(CCCC(C=O)Nc1cc(F)cc(C(F)(F)F)c1)C1CCCN(c2ncnc(N)c2F)C1. The fraction of sp³-hybridized carbons (Fsp3) is 0.500. The Kier molecular flexibility index (Phi) is 8.24. The number of piperidine rings is 1. The lowest BCUT2D eigenvalue weighted by Crippen LogP contribution is -2.47. The molecule has 1 fully saturated rings. The van der Waals surface area contributed by atoms with Crippen LogP contribution in [0.1, 0.15) is 31.2 Å². The van der Waals surface area contributed by atoms with E-state index in [0.717, 1.165) is 25.0 Å². The maximum absolute atomic E-state index is 14.3. The van der Waals surface area contributed by atoms with Crippen molar-refractivity contribution in [2.75, 3.05) is 42.6 Å².